The van der Waals surface area contributed by atoms with Crippen LogP contribution >= 0.6 is 0 Å². The molecule has 6 nitrogen and oxygen atoms in total. The van der Waals surface area contributed by atoms with Crippen LogP contribution in [0.2, 0.25) is 0 Å². The summed E-state index contributed by atoms with van der Waals surface area (Å²) in [6, 6.07) is 0. The van der Waals surface area contributed by atoms with Crippen LogP contribution in [0.5, 0.6) is 5.88 Å². The molecule has 0 bridgehead atoms. The van der Waals surface area contributed by atoms with Crippen molar-refractivity contribution in [1.82, 2.24) is 19.7 Å². The van der Waals surface area contributed by atoms with E-state index in [-0.39, 0.29) is 5.69 Å². The lowest BCUT2D eigenvalue weighted by Crippen LogP contribution is -2.00. The van der Waals surface area contributed by atoms with Crippen LogP contribution in [0.3, 0.4) is 0 Å². The molecule has 2 aromatic rings. The van der Waals surface area contributed by atoms with Gasteiger partial charge in [-0.15, -0.1) is 5.10 Å². The minimum atomic E-state index is -0.436. The number of nitrogens with zero attached hydrogens (tertiary/aromatic N) is 4. The smallest absolute Gasteiger partial charge is 0.256 e. The molecule has 0 atom stereocenters. The van der Waals surface area contributed by atoms with E-state index in [1.54, 1.807) is 24.9 Å². The van der Waals surface area contributed by atoms with Gasteiger partial charge >= 0.3 is 0 Å². The molecule has 2 aromatic heterocycles. The van der Waals surface area contributed by atoms with Gasteiger partial charge in [0.15, 0.2) is 5.82 Å². The summed E-state index contributed by atoms with van der Waals surface area (Å²) in [6.07, 6.45) is 2.84. The topological polar surface area (TPSA) is 64.9 Å². The van der Waals surface area contributed by atoms with Crippen molar-refractivity contribution in [3.05, 3.63) is 23.9 Å². The van der Waals surface area contributed by atoms with Crippen molar-refractivity contribution < 1.29 is 9.13 Å². The number of hydrogen-bond donors (Lipinski definition) is 1. The average molecular weight is 237 g/mol. The first kappa shape index (κ1) is 11.3. The maximum atomic E-state index is 13.0. The number of hydrogen-bond acceptors (Lipinski definition) is 5. The van der Waals surface area contributed by atoms with E-state index in [2.05, 4.69) is 20.4 Å². The number of anilines is 2. The maximum absolute atomic E-state index is 13.0. The summed E-state index contributed by atoms with van der Waals surface area (Å²) in [4.78, 5) is 7.79. The highest BCUT2D eigenvalue weighted by Crippen LogP contribution is 2.23. The number of methoxy groups -OCH3 is 1. The zero-order valence-corrected chi connectivity index (χ0v) is 9.73. The van der Waals surface area contributed by atoms with Crippen LogP contribution in [0.25, 0.3) is 0 Å². The maximum Gasteiger partial charge on any atom is 0.256 e. The van der Waals surface area contributed by atoms with Gasteiger partial charge < -0.3 is 10.1 Å². The summed E-state index contributed by atoms with van der Waals surface area (Å²) in [5.41, 5.74) is 0.909. The van der Waals surface area contributed by atoms with Gasteiger partial charge in [-0.3, -0.25) is 4.68 Å². The Labute approximate surface area is 97.5 Å². The number of ether oxygens (including phenoxy) is 1. The van der Waals surface area contributed by atoms with Crippen molar-refractivity contribution in [2.75, 3.05) is 12.4 Å². The fourth-order valence-corrected chi connectivity index (χ4v) is 1.34. The predicted molar refractivity (Wildman–Crippen MR) is 59.8 cm³/mol. The van der Waals surface area contributed by atoms with E-state index in [9.17, 15) is 4.39 Å². The number of aryl methyl sites for hydroxylation is 2. The number of nitrogens with one attached hydrogen (secondary N) is 1. The zero-order valence-electron chi connectivity index (χ0n) is 9.73. The molecule has 0 radical (unpaired) electrons. The molecule has 0 aromatic carbocycles. The molecule has 1 N–H and O–H groups in total. The number of halogens is 1. The molecule has 0 amide bonds. The Balaban J connectivity index is 2.27. The van der Waals surface area contributed by atoms with E-state index in [1.165, 1.54) is 7.11 Å². The third-order valence-electron chi connectivity index (χ3n) is 2.15. The second-order valence-corrected chi connectivity index (χ2v) is 3.48. The van der Waals surface area contributed by atoms with Crippen molar-refractivity contribution in [3.63, 3.8) is 0 Å². The van der Waals surface area contributed by atoms with Gasteiger partial charge in [0.2, 0.25) is 5.95 Å². The van der Waals surface area contributed by atoms with Crippen LogP contribution < -0.4 is 10.1 Å². The Kier molecular flexibility index (Phi) is 2.90. The Bertz CT molecular complexity index is 539. The number of aromatic nitrogens is 4. The minimum absolute atomic E-state index is 0.283. The monoisotopic (exact) mass is 237 g/mol. The van der Waals surface area contributed by atoms with Crippen LogP contribution in [0, 0.1) is 12.7 Å². The first-order valence-corrected chi connectivity index (χ1v) is 4.94. The van der Waals surface area contributed by atoms with Gasteiger partial charge in [0, 0.05) is 7.05 Å². The Morgan fingerprint density at radius 1 is 1.47 bits per heavy atom. The highest BCUT2D eigenvalue weighted by atomic mass is 19.1. The third kappa shape index (κ3) is 2.32. The van der Waals surface area contributed by atoms with Crippen LogP contribution in [-0.4, -0.2) is 26.9 Å². The SMILES string of the molecule is COc1nn(C)cc1Nc1ncc(F)c(C)n1. The molecule has 17 heavy (non-hydrogen) atoms. The van der Waals surface area contributed by atoms with Gasteiger partial charge in [-0.25, -0.2) is 14.4 Å². The summed E-state index contributed by atoms with van der Waals surface area (Å²) in [5, 5.41) is 6.98. The van der Waals surface area contributed by atoms with Gasteiger partial charge in [-0.05, 0) is 6.92 Å². The zero-order chi connectivity index (χ0) is 12.4. The molecule has 0 fully saturated rings. The summed E-state index contributed by atoms with van der Waals surface area (Å²) in [5.74, 6) is 0.293. The molecule has 2 heterocycles. The van der Waals surface area contributed by atoms with Crippen LogP contribution in [0.15, 0.2) is 12.4 Å². The second kappa shape index (κ2) is 4.36. The molecule has 0 unspecified atom stereocenters. The van der Waals surface area contributed by atoms with Gasteiger partial charge in [0.25, 0.3) is 5.88 Å². The standard InChI is InChI=1S/C10H12FN5O/c1-6-7(11)4-12-10(13-6)14-8-5-16(2)15-9(8)17-3/h4-5H,1-3H3,(H,12,13,14). The molecule has 0 aliphatic rings. The molecule has 0 saturated heterocycles. The molecule has 0 saturated carbocycles. The normalized spacial score (nSPS) is 10.4. The van der Waals surface area contributed by atoms with E-state index in [4.69, 9.17) is 4.74 Å². The first-order valence-electron chi connectivity index (χ1n) is 4.94. The average Bonchev–Trinajstić information content (AvgIpc) is 2.64. The fraction of sp³-hybridized carbons (Fsp3) is 0.300. The van der Waals surface area contributed by atoms with E-state index >= 15 is 0 Å². The highest BCUT2D eigenvalue weighted by Gasteiger charge is 2.10. The largest absolute Gasteiger partial charge is 0.478 e. The van der Waals surface area contributed by atoms with Crippen LogP contribution in [0.4, 0.5) is 16.0 Å². The summed E-state index contributed by atoms with van der Waals surface area (Å²) in [7, 11) is 3.29. The molecular formula is C10H12FN5O. The van der Waals surface area contributed by atoms with Crippen LogP contribution in [0.1, 0.15) is 5.69 Å². The van der Waals surface area contributed by atoms with Crippen molar-refractivity contribution in [3.8, 4) is 5.88 Å². The Hall–Kier alpha value is -2.18. The molecule has 7 heteroatoms. The Morgan fingerprint density at radius 2 is 2.24 bits per heavy atom. The second-order valence-electron chi connectivity index (χ2n) is 3.48. The van der Waals surface area contributed by atoms with Gasteiger partial charge in [0.05, 0.1) is 25.2 Å². The summed E-state index contributed by atoms with van der Waals surface area (Å²) >= 11 is 0. The molecular weight excluding hydrogens is 225 g/mol. The lowest BCUT2D eigenvalue weighted by Gasteiger charge is -2.04. The molecule has 90 valence electrons. The summed E-state index contributed by atoms with van der Waals surface area (Å²) < 4.78 is 19.7. The Morgan fingerprint density at radius 3 is 2.88 bits per heavy atom. The van der Waals surface area contributed by atoms with Gasteiger partial charge in [-0.2, -0.15) is 0 Å². The van der Waals surface area contributed by atoms with Crippen molar-refractivity contribution in [2.45, 2.75) is 6.92 Å². The van der Waals surface area contributed by atoms with Crippen molar-refractivity contribution in [2.24, 2.45) is 7.05 Å². The minimum Gasteiger partial charge on any atom is -0.478 e. The van der Waals surface area contributed by atoms with Crippen molar-refractivity contribution in [1.29, 1.82) is 0 Å². The van der Waals surface area contributed by atoms with E-state index in [1.807, 2.05) is 0 Å². The van der Waals surface area contributed by atoms with Gasteiger partial charge in [0.1, 0.15) is 5.69 Å². The third-order valence-corrected chi connectivity index (χ3v) is 2.15. The quantitative estimate of drug-likeness (QED) is 0.874. The van der Waals surface area contributed by atoms with E-state index < -0.39 is 5.82 Å². The molecule has 0 spiro atoms. The van der Waals surface area contributed by atoms with E-state index in [0.717, 1.165) is 6.20 Å². The van der Waals surface area contributed by atoms with Gasteiger partial charge in [-0.1, -0.05) is 0 Å². The molecule has 2 rings (SSSR count). The lowest BCUT2D eigenvalue weighted by atomic mass is 10.4. The highest BCUT2D eigenvalue weighted by molar-refractivity contribution is 5.58. The summed E-state index contributed by atoms with van der Waals surface area (Å²) in [6.45, 7) is 1.57. The first-order chi connectivity index (χ1) is 8.10. The number of rotatable bonds is 3. The molecule has 0 aliphatic heterocycles. The molecule has 0 aliphatic carbocycles. The van der Waals surface area contributed by atoms with Crippen molar-refractivity contribution >= 4 is 11.6 Å². The van der Waals surface area contributed by atoms with E-state index in [0.29, 0.717) is 17.5 Å². The fourth-order valence-electron chi connectivity index (χ4n) is 1.34. The van der Waals surface area contributed by atoms with Crippen LogP contribution in [-0.2, 0) is 7.05 Å². The lowest BCUT2D eigenvalue weighted by molar-refractivity contribution is 0.393. The predicted octanol–water partition coefficient (Wildman–Crippen LogP) is 1.41.